The molecule has 0 spiro atoms. The van der Waals surface area contributed by atoms with Gasteiger partial charge < -0.3 is 15.1 Å². The number of rotatable bonds is 4. The first-order valence-corrected chi connectivity index (χ1v) is 4.66. The Morgan fingerprint density at radius 2 is 2.36 bits per heavy atom. The summed E-state index contributed by atoms with van der Waals surface area (Å²) in [6, 6.07) is 0. The van der Waals surface area contributed by atoms with Crippen LogP contribution in [0.3, 0.4) is 0 Å². The van der Waals surface area contributed by atoms with Gasteiger partial charge in [-0.3, -0.25) is 9.59 Å². The van der Waals surface area contributed by atoms with E-state index in [-0.39, 0.29) is 31.4 Å². The second-order valence-electron chi connectivity index (χ2n) is 3.83. The number of carboxylic acids is 1. The molecule has 1 rings (SSSR count). The van der Waals surface area contributed by atoms with Gasteiger partial charge >= 0.3 is 5.97 Å². The van der Waals surface area contributed by atoms with E-state index in [1.807, 2.05) is 6.92 Å². The van der Waals surface area contributed by atoms with Crippen LogP contribution in [0.4, 0.5) is 0 Å². The molecule has 1 aliphatic heterocycles. The van der Waals surface area contributed by atoms with E-state index in [4.69, 9.17) is 10.2 Å². The van der Waals surface area contributed by atoms with Gasteiger partial charge in [-0.25, -0.2) is 0 Å². The highest BCUT2D eigenvalue weighted by Crippen LogP contribution is 2.18. The van der Waals surface area contributed by atoms with Crippen LogP contribution >= 0.6 is 0 Å². The van der Waals surface area contributed by atoms with Gasteiger partial charge in [-0.15, -0.1) is 0 Å². The third-order valence-corrected chi connectivity index (χ3v) is 2.41. The first kappa shape index (κ1) is 11.0. The molecule has 2 unspecified atom stereocenters. The topological polar surface area (TPSA) is 77.8 Å². The highest BCUT2D eigenvalue weighted by molar-refractivity contribution is 5.86. The number of aliphatic carboxylic acids is 1. The number of hydrogen-bond acceptors (Lipinski definition) is 3. The number of carboxylic acid groups (broad SMARTS) is 1. The Bertz CT molecular complexity index is 241. The molecule has 80 valence electrons. The molecule has 5 heteroatoms. The molecule has 1 amide bonds. The van der Waals surface area contributed by atoms with Gasteiger partial charge in [-0.2, -0.15) is 0 Å². The van der Waals surface area contributed by atoms with Crippen LogP contribution in [0.1, 0.15) is 13.3 Å². The average molecular weight is 201 g/mol. The van der Waals surface area contributed by atoms with Gasteiger partial charge in [0.15, 0.2) is 0 Å². The summed E-state index contributed by atoms with van der Waals surface area (Å²) in [6.07, 6.45) is 0.0908. The first-order chi connectivity index (χ1) is 6.54. The van der Waals surface area contributed by atoms with E-state index >= 15 is 0 Å². The van der Waals surface area contributed by atoms with E-state index in [0.29, 0.717) is 6.54 Å². The predicted octanol–water partition coefficient (Wildman–Crippen LogP) is -0.452. The monoisotopic (exact) mass is 201 g/mol. The molecular formula is C9H15NO4. The van der Waals surface area contributed by atoms with Crippen LogP contribution in [0.5, 0.6) is 0 Å². The lowest BCUT2D eigenvalue weighted by Crippen LogP contribution is -2.31. The molecule has 0 bridgehead atoms. The van der Waals surface area contributed by atoms with Crippen molar-refractivity contribution in [1.82, 2.24) is 4.90 Å². The lowest BCUT2D eigenvalue weighted by molar-refractivity contribution is -0.141. The van der Waals surface area contributed by atoms with Crippen molar-refractivity contribution < 1.29 is 19.8 Å². The molecule has 2 N–H and O–H groups in total. The SMILES string of the molecule is CC(CO)CN1CC(C(=O)O)CC1=O. The Hall–Kier alpha value is -1.10. The second kappa shape index (κ2) is 4.41. The summed E-state index contributed by atoms with van der Waals surface area (Å²) >= 11 is 0. The molecule has 2 atom stereocenters. The number of nitrogens with zero attached hydrogens (tertiary/aromatic N) is 1. The minimum absolute atomic E-state index is 0.00601. The highest BCUT2D eigenvalue weighted by Gasteiger charge is 2.34. The van der Waals surface area contributed by atoms with Crippen molar-refractivity contribution in [3.8, 4) is 0 Å². The normalized spacial score (nSPS) is 24.0. The number of likely N-dealkylation sites (tertiary alicyclic amines) is 1. The average Bonchev–Trinajstić information content (AvgIpc) is 2.48. The molecular weight excluding hydrogens is 186 g/mol. The summed E-state index contributed by atoms with van der Waals surface area (Å²) < 4.78 is 0. The zero-order valence-corrected chi connectivity index (χ0v) is 8.14. The van der Waals surface area contributed by atoms with Gasteiger partial charge in [-0.1, -0.05) is 6.92 Å². The third kappa shape index (κ3) is 2.45. The van der Waals surface area contributed by atoms with Crippen molar-refractivity contribution in [2.45, 2.75) is 13.3 Å². The number of aliphatic hydroxyl groups is 1. The van der Waals surface area contributed by atoms with E-state index < -0.39 is 11.9 Å². The second-order valence-corrected chi connectivity index (χ2v) is 3.83. The van der Waals surface area contributed by atoms with Crippen molar-refractivity contribution in [3.63, 3.8) is 0 Å². The van der Waals surface area contributed by atoms with E-state index in [1.54, 1.807) is 0 Å². The lowest BCUT2D eigenvalue weighted by Gasteiger charge is -2.19. The molecule has 0 aliphatic carbocycles. The van der Waals surface area contributed by atoms with Gasteiger partial charge in [0.05, 0.1) is 5.92 Å². The Morgan fingerprint density at radius 1 is 1.71 bits per heavy atom. The van der Waals surface area contributed by atoms with Crippen molar-refractivity contribution in [2.24, 2.45) is 11.8 Å². The molecule has 0 aromatic carbocycles. The first-order valence-electron chi connectivity index (χ1n) is 4.66. The van der Waals surface area contributed by atoms with Gasteiger partial charge in [-0.05, 0) is 5.92 Å². The van der Waals surface area contributed by atoms with Gasteiger partial charge in [0.25, 0.3) is 0 Å². The molecule has 1 heterocycles. The Morgan fingerprint density at radius 3 is 2.79 bits per heavy atom. The van der Waals surface area contributed by atoms with Crippen molar-refractivity contribution in [3.05, 3.63) is 0 Å². The standard InChI is InChI=1S/C9H15NO4/c1-6(5-11)3-10-4-7(9(13)14)2-8(10)12/h6-7,11H,2-5H2,1H3,(H,13,14). The Balaban J connectivity index is 2.48. The van der Waals surface area contributed by atoms with Gasteiger partial charge in [0.2, 0.25) is 5.91 Å². The van der Waals surface area contributed by atoms with Crippen LogP contribution in [0, 0.1) is 11.8 Å². The van der Waals surface area contributed by atoms with Crippen molar-refractivity contribution in [1.29, 1.82) is 0 Å². The summed E-state index contributed by atoms with van der Waals surface area (Å²) in [4.78, 5) is 23.5. The van der Waals surface area contributed by atoms with E-state index in [0.717, 1.165) is 0 Å². The number of carbonyl (C=O) groups is 2. The largest absolute Gasteiger partial charge is 0.481 e. The Kier molecular flexibility index (Phi) is 3.46. The lowest BCUT2D eigenvalue weighted by atomic mass is 10.1. The molecule has 0 aromatic rings. The smallest absolute Gasteiger partial charge is 0.308 e. The van der Waals surface area contributed by atoms with Crippen LogP contribution in [0.15, 0.2) is 0 Å². The number of carbonyl (C=O) groups excluding carboxylic acids is 1. The van der Waals surface area contributed by atoms with E-state index in [2.05, 4.69) is 0 Å². The fraction of sp³-hybridized carbons (Fsp3) is 0.778. The van der Waals surface area contributed by atoms with Crippen LogP contribution in [0.2, 0.25) is 0 Å². The van der Waals surface area contributed by atoms with E-state index in [9.17, 15) is 9.59 Å². The maximum Gasteiger partial charge on any atom is 0.308 e. The maximum absolute atomic E-state index is 11.3. The zero-order valence-electron chi connectivity index (χ0n) is 8.14. The van der Waals surface area contributed by atoms with Crippen LogP contribution in [-0.2, 0) is 9.59 Å². The van der Waals surface area contributed by atoms with Crippen LogP contribution in [0.25, 0.3) is 0 Å². The fourth-order valence-electron chi connectivity index (χ4n) is 1.55. The highest BCUT2D eigenvalue weighted by atomic mass is 16.4. The summed E-state index contributed by atoms with van der Waals surface area (Å²) in [5, 5.41) is 17.5. The molecule has 1 fully saturated rings. The van der Waals surface area contributed by atoms with Crippen molar-refractivity contribution >= 4 is 11.9 Å². The maximum atomic E-state index is 11.3. The summed E-state index contributed by atoms with van der Waals surface area (Å²) in [6.45, 7) is 2.56. The van der Waals surface area contributed by atoms with E-state index in [1.165, 1.54) is 4.90 Å². The van der Waals surface area contributed by atoms with Crippen molar-refractivity contribution in [2.75, 3.05) is 19.7 Å². The molecule has 1 aliphatic rings. The zero-order chi connectivity index (χ0) is 10.7. The quantitative estimate of drug-likeness (QED) is 0.645. The fourth-order valence-corrected chi connectivity index (χ4v) is 1.55. The van der Waals surface area contributed by atoms with Crippen LogP contribution in [-0.4, -0.2) is 46.7 Å². The minimum atomic E-state index is -0.919. The molecule has 5 nitrogen and oxygen atoms in total. The van der Waals surface area contributed by atoms with Gasteiger partial charge in [0, 0.05) is 26.1 Å². The molecule has 1 saturated heterocycles. The third-order valence-electron chi connectivity index (χ3n) is 2.41. The predicted molar refractivity (Wildman–Crippen MR) is 48.6 cm³/mol. The molecule has 0 aromatic heterocycles. The summed E-state index contributed by atoms with van der Waals surface area (Å²) in [5.74, 6) is -1.62. The van der Waals surface area contributed by atoms with Crippen LogP contribution < -0.4 is 0 Å². The number of amides is 1. The number of hydrogen-bond donors (Lipinski definition) is 2. The molecule has 0 saturated carbocycles. The number of aliphatic hydroxyl groups excluding tert-OH is 1. The Labute approximate surface area is 82.3 Å². The molecule has 0 radical (unpaired) electrons. The summed E-state index contributed by atoms with van der Waals surface area (Å²) in [7, 11) is 0. The van der Waals surface area contributed by atoms with Gasteiger partial charge in [0.1, 0.15) is 0 Å². The summed E-state index contributed by atoms with van der Waals surface area (Å²) in [5.41, 5.74) is 0. The molecule has 14 heavy (non-hydrogen) atoms. The minimum Gasteiger partial charge on any atom is -0.481 e.